The molecule has 91 heavy (non-hydrogen) atoms. The van der Waals surface area contributed by atoms with Crippen LogP contribution in [0.25, 0.3) is 16.8 Å². The maximum Gasteiger partial charge on any atom is 0.290 e. The Hall–Kier alpha value is -10.4. The van der Waals surface area contributed by atoms with Crippen molar-refractivity contribution in [3.63, 3.8) is 0 Å². The van der Waals surface area contributed by atoms with Crippen LogP contribution in [0.15, 0.2) is 71.3 Å². The molecule has 0 spiro atoms. The smallest absolute Gasteiger partial charge is 0.290 e. The second-order valence-corrected chi connectivity index (χ2v) is 21.5. The van der Waals surface area contributed by atoms with Gasteiger partial charge in [0.1, 0.15) is 42.0 Å². The van der Waals surface area contributed by atoms with E-state index in [9.17, 15) is 43.2 Å². The Morgan fingerprint density at radius 1 is 0.440 bits per heavy atom. The number of guanidine groups is 6. The third kappa shape index (κ3) is 29.9. The van der Waals surface area contributed by atoms with Crippen LogP contribution in [-0.4, -0.2) is 170 Å². The summed E-state index contributed by atoms with van der Waals surface area (Å²) in [6, 6.07) is 2.57. The molecule has 1 saturated heterocycles. The molecule has 0 aliphatic carbocycles. The fourth-order valence-corrected chi connectivity index (χ4v) is 9.48. The minimum Gasteiger partial charge on any atom is -0.493 e. The summed E-state index contributed by atoms with van der Waals surface area (Å²) < 4.78 is 6.11. The van der Waals surface area contributed by atoms with Gasteiger partial charge in [0.05, 0.1) is 11.5 Å². The highest BCUT2D eigenvalue weighted by molar-refractivity contribution is 8.18. The number of hydrogen-bond acceptors (Lipinski definition) is 17. The van der Waals surface area contributed by atoms with Crippen LogP contribution in [0.1, 0.15) is 95.5 Å². The molecular weight excluding hydrogens is 1200 g/mol. The fourth-order valence-electron chi connectivity index (χ4n) is 8.80. The maximum absolute atomic E-state index is 14.6. The van der Waals surface area contributed by atoms with Crippen LogP contribution in [0.2, 0.25) is 0 Å². The van der Waals surface area contributed by atoms with Gasteiger partial charge in [-0.2, -0.15) is 0 Å². The molecule has 0 aromatic heterocycles. The Labute approximate surface area is 529 Å². The SMILES string of the molecule is NC(=O)[C@H](CCCN=C(N)N)NC(=O)[C@H](CCCN=C(N)N)NC(=O)[C@H](CCCN=C(N)N)NC(=O)[C@H](CCCN=C(N)N)NC(=O)[C@H](CCCN=C(N)N)NC(=O)[C@H](CCCN=C(N)N)NC(=O)CCCOc1ccc(/C=C2\SC(=O)NC2=O)c2ccccc12. The molecule has 1 heterocycles. The Kier molecular flexibility index (Phi) is 33.1. The zero-order chi connectivity index (χ0) is 67.4. The Balaban J connectivity index is 1.93. The summed E-state index contributed by atoms with van der Waals surface area (Å²) >= 11 is 0.795. The minimum atomic E-state index is -1.46. The van der Waals surface area contributed by atoms with Gasteiger partial charge < -0.3 is 111 Å². The van der Waals surface area contributed by atoms with E-state index >= 15 is 0 Å². The zero-order valence-electron chi connectivity index (χ0n) is 50.5. The summed E-state index contributed by atoms with van der Waals surface area (Å²) in [6.07, 6.45) is 2.10. The molecule has 9 amide bonds. The third-order valence-corrected chi connectivity index (χ3v) is 14.0. The first-order valence-electron chi connectivity index (χ1n) is 29.1. The van der Waals surface area contributed by atoms with Crippen molar-refractivity contribution < 1.29 is 47.9 Å². The van der Waals surface area contributed by atoms with E-state index in [0.29, 0.717) is 16.7 Å². The van der Waals surface area contributed by atoms with E-state index in [2.05, 4.69) is 67.2 Å². The van der Waals surface area contributed by atoms with Gasteiger partial charge in [-0.15, -0.1) is 0 Å². The minimum absolute atomic E-state index is 0.00301. The first-order valence-corrected chi connectivity index (χ1v) is 29.9. The van der Waals surface area contributed by atoms with Gasteiger partial charge in [-0.1, -0.05) is 30.3 Å². The number of rotatable bonds is 42. The van der Waals surface area contributed by atoms with Gasteiger partial charge in [-0.25, -0.2) is 0 Å². The van der Waals surface area contributed by atoms with Crippen LogP contribution in [0.3, 0.4) is 0 Å². The van der Waals surface area contributed by atoms with Crippen molar-refractivity contribution in [1.82, 2.24) is 37.2 Å². The number of primary amides is 1. The number of nitrogens with two attached hydrogens (primary N) is 13. The number of nitrogens with one attached hydrogen (secondary N) is 7. The fraction of sp³-hybridized carbons (Fsp3) is 0.500. The largest absolute Gasteiger partial charge is 0.493 e. The van der Waals surface area contributed by atoms with Crippen molar-refractivity contribution in [2.45, 2.75) is 126 Å². The van der Waals surface area contributed by atoms with Gasteiger partial charge in [-0.3, -0.25) is 78.4 Å². The van der Waals surface area contributed by atoms with Crippen molar-refractivity contribution in [2.75, 3.05) is 45.9 Å². The van der Waals surface area contributed by atoms with Crippen LogP contribution >= 0.6 is 11.8 Å². The average molecular weight is 1290 g/mol. The van der Waals surface area contributed by atoms with Crippen LogP contribution in [-0.2, 0) is 38.4 Å². The van der Waals surface area contributed by atoms with E-state index in [1.54, 1.807) is 18.2 Å². The molecule has 1 fully saturated rings. The predicted octanol–water partition coefficient (Wildman–Crippen LogP) is -5.96. The summed E-state index contributed by atoms with van der Waals surface area (Å²) in [5.41, 5.74) is 72.7. The molecule has 500 valence electrons. The van der Waals surface area contributed by atoms with Crippen molar-refractivity contribution in [2.24, 2.45) is 104 Å². The summed E-state index contributed by atoms with van der Waals surface area (Å²) in [7, 11) is 0. The summed E-state index contributed by atoms with van der Waals surface area (Å²) in [5, 5.41) is 19.2. The summed E-state index contributed by atoms with van der Waals surface area (Å²) in [6.45, 7) is 0.283. The quantitative estimate of drug-likeness (QED) is 0.0127. The first kappa shape index (κ1) is 74.9. The van der Waals surface area contributed by atoms with E-state index in [0.717, 1.165) is 17.1 Å². The highest BCUT2D eigenvalue weighted by Crippen LogP contribution is 2.33. The molecule has 1 aliphatic heterocycles. The Morgan fingerprint density at radius 2 is 0.769 bits per heavy atom. The number of aliphatic imine (C=N–C) groups is 6. The molecule has 2 aromatic carbocycles. The molecular formula is C54H88N26O10S. The second-order valence-electron chi connectivity index (χ2n) is 20.5. The van der Waals surface area contributed by atoms with Gasteiger partial charge in [0.2, 0.25) is 41.4 Å². The van der Waals surface area contributed by atoms with Crippen LogP contribution in [0.5, 0.6) is 5.75 Å². The zero-order valence-corrected chi connectivity index (χ0v) is 51.4. The lowest BCUT2D eigenvalue weighted by Crippen LogP contribution is -2.59. The molecule has 6 atom stereocenters. The van der Waals surface area contributed by atoms with E-state index in [1.807, 2.05) is 24.3 Å². The van der Waals surface area contributed by atoms with Crippen LogP contribution in [0, 0.1) is 0 Å². The lowest BCUT2D eigenvalue weighted by molar-refractivity contribution is -0.135. The van der Waals surface area contributed by atoms with Gasteiger partial charge in [0, 0.05) is 51.1 Å². The maximum atomic E-state index is 14.6. The third-order valence-electron chi connectivity index (χ3n) is 13.2. The summed E-state index contributed by atoms with van der Waals surface area (Å²) in [4.78, 5) is 146. The first-order chi connectivity index (χ1) is 43.2. The Bertz CT molecular complexity index is 3040. The number of imide groups is 1. The van der Waals surface area contributed by atoms with Crippen LogP contribution in [0.4, 0.5) is 4.79 Å². The topological polar surface area (TPSA) is 659 Å². The number of nitrogens with zero attached hydrogens (tertiary/aromatic N) is 6. The molecule has 33 N–H and O–H groups in total. The van der Waals surface area contributed by atoms with Gasteiger partial charge in [0.15, 0.2) is 35.8 Å². The van der Waals surface area contributed by atoms with Crippen molar-refractivity contribution in [3.8, 4) is 5.75 Å². The van der Waals surface area contributed by atoms with Crippen molar-refractivity contribution in [1.29, 1.82) is 0 Å². The van der Waals surface area contributed by atoms with Crippen LogP contribution < -0.4 is 116 Å². The van der Waals surface area contributed by atoms with Crippen molar-refractivity contribution in [3.05, 3.63) is 46.9 Å². The molecule has 37 heteroatoms. The molecule has 0 unspecified atom stereocenters. The molecule has 0 radical (unpaired) electrons. The second kappa shape index (κ2) is 40.2. The number of carbonyl (C=O) groups excluding carboxylic acids is 9. The standard InChI is InChI=1S/C54H88N26O10S/c55-41(82)32(12-3-21-68-48(56)57)75-43(84)34(14-5-23-70-50(60)61)77-45(86)36(16-7-25-72-52(64)65)79-46(87)37(17-8-26-73-53(66)67)78-44(85)35(15-6-24-71-51(62)63)76-42(83)33(13-4-22-69-49(58)59)74-40(81)18-9-27-90-38-20-19-29(30-10-1-2-11-31(30)38)28-39-47(88)80-54(89)91-39/h1-2,10-11,19-20,28,32-37H,3-9,12-18,21-27H2,(H2,55,82)(H,74,81)(H,75,84)(H,76,83)(H,77,86)(H,78,85)(H,79,87)(H4,56,57,68)(H4,58,59,69)(H4,60,61,70)(H4,62,63,71)(H4,64,65,72)(H4,66,67,73)(H,80,88,89)/b39-28-/t32-,33-,34-,35-,36-,37-/m0/s1. The number of carbonyl (C=O) groups is 9. The van der Waals surface area contributed by atoms with Crippen molar-refractivity contribution >= 4 is 117 Å². The molecule has 3 rings (SSSR count). The normalized spacial score (nSPS) is 14.0. The van der Waals surface area contributed by atoms with Gasteiger partial charge in [-0.05, 0) is 118 Å². The number of hydrogen-bond donors (Lipinski definition) is 20. The summed E-state index contributed by atoms with van der Waals surface area (Å²) in [5.74, 6) is -7.12. The van der Waals surface area contributed by atoms with Gasteiger partial charge >= 0.3 is 0 Å². The lowest BCUT2D eigenvalue weighted by atomic mass is 10.0. The van der Waals surface area contributed by atoms with E-state index in [1.165, 1.54) is 0 Å². The average Bonchev–Trinajstić information content (AvgIpc) is 1.66. The monoisotopic (exact) mass is 1290 g/mol. The molecule has 36 nitrogen and oxygen atoms in total. The van der Waals surface area contributed by atoms with E-state index < -0.39 is 88.7 Å². The number of ether oxygens (including phenoxy) is 1. The number of benzene rings is 2. The predicted molar refractivity (Wildman–Crippen MR) is 348 cm³/mol. The Morgan fingerprint density at radius 3 is 1.10 bits per heavy atom. The molecule has 2 aromatic rings. The number of thioether (sulfide) groups is 1. The number of amides is 9. The molecule has 0 bridgehead atoms. The van der Waals surface area contributed by atoms with E-state index in [-0.39, 0.29) is 176 Å². The lowest BCUT2D eigenvalue weighted by Gasteiger charge is -2.27. The van der Waals surface area contributed by atoms with E-state index in [4.69, 9.17) is 79.3 Å². The number of fused-ring (bicyclic) bond motifs is 1. The molecule has 1 aliphatic rings. The highest BCUT2D eigenvalue weighted by atomic mass is 32.2. The van der Waals surface area contributed by atoms with Gasteiger partial charge in [0.25, 0.3) is 11.1 Å². The highest BCUT2D eigenvalue weighted by Gasteiger charge is 2.34. The molecule has 0 saturated carbocycles.